The van der Waals surface area contributed by atoms with Crippen LogP contribution in [-0.4, -0.2) is 18.2 Å². The number of hydrogen-bond donors (Lipinski definition) is 1. The first-order valence-electron chi connectivity index (χ1n) is 13.4. The molecule has 1 aliphatic heterocycles. The maximum Gasteiger partial charge on any atom is 0.162 e. The number of allylic oxidation sites excluding steroid dienone is 4. The molecule has 0 aromatic heterocycles. The average molecular weight is 534 g/mol. The van der Waals surface area contributed by atoms with Gasteiger partial charge in [0.15, 0.2) is 23.1 Å². The monoisotopic (exact) mass is 533 g/mol. The molecule has 0 amide bonds. The van der Waals surface area contributed by atoms with Gasteiger partial charge in [-0.2, -0.15) is 0 Å². The third-order valence-electron chi connectivity index (χ3n) is 7.63. The number of nitrogens with one attached hydrogen (secondary N) is 1. The molecule has 1 heterocycles. The fourth-order valence-corrected chi connectivity index (χ4v) is 6.18. The second kappa shape index (κ2) is 9.92. The lowest BCUT2D eigenvalue weighted by atomic mass is 9.64. The summed E-state index contributed by atoms with van der Waals surface area (Å²) >= 11 is 6.01. The molecule has 0 radical (unpaired) electrons. The summed E-state index contributed by atoms with van der Waals surface area (Å²) < 4.78 is 12.1. The van der Waals surface area contributed by atoms with E-state index in [9.17, 15) is 9.59 Å². The second-order valence-corrected chi connectivity index (χ2v) is 12.7. The maximum atomic E-state index is 13.6. The molecule has 5 rings (SSSR count). The van der Waals surface area contributed by atoms with E-state index in [0.29, 0.717) is 42.6 Å². The molecule has 0 atom stereocenters. The molecule has 0 saturated heterocycles. The van der Waals surface area contributed by atoms with Gasteiger partial charge < -0.3 is 14.8 Å². The summed E-state index contributed by atoms with van der Waals surface area (Å²) in [5, 5.41) is 4.25. The van der Waals surface area contributed by atoms with Gasteiger partial charge in [-0.05, 0) is 66.0 Å². The summed E-state index contributed by atoms with van der Waals surface area (Å²) in [7, 11) is 0. The number of carbonyl (C=O) groups excluding carboxylic acids is 2. The van der Waals surface area contributed by atoms with Crippen LogP contribution in [0.15, 0.2) is 65.0 Å². The van der Waals surface area contributed by atoms with E-state index in [0.717, 1.165) is 46.5 Å². The van der Waals surface area contributed by atoms with Gasteiger partial charge in [0, 0.05) is 46.3 Å². The first kappa shape index (κ1) is 26.6. The van der Waals surface area contributed by atoms with Gasteiger partial charge in [-0.3, -0.25) is 9.59 Å². The molecule has 6 heteroatoms. The van der Waals surface area contributed by atoms with Crippen LogP contribution in [-0.2, 0) is 16.2 Å². The highest BCUT2D eigenvalue weighted by Gasteiger charge is 2.46. The van der Waals surface area contributed by atoms with Crippen LogP contribution in [0.3, 0.4) is 0 Å². The van der Waals surface area contributed by atoms with Crippen LogP contribution in [0.25, 0.3) is 0 Å². The zero-order valence-corrected chi connectivity index (χ0v) is 23.6. The van der Waals surface area contributed by atoms with Gasteiger partial charge >= 0.3 is 0 Å². The van der Waals surface area contributed by atoms with E-state index in [4.69, 9.17) is 21.1 Å². The SMILES string of the molecule is CCOc1cc(C2C3=C(CC(C)(C)CC3=O)NC3=C2C(=O)CC(C)(C)C3)ccc1OCc1ccc(Cl)cc1. The molecule has 1 N–H and O–H groups in total. The minimum absolute atomic E-state index is 0.110. The maximum absolute atomic E-state index is 13.6. The molecule has 2 aromatic carbocycles. The van der Waals surface area contributed by atoms with Gasteiger partial charge in [-0.1, -0.05) is 57.5 Å². The Morgan fingerprint density at radius 3 is 1.95 bits per heavy atom. The average Bonchev–Trinajstić information content (AvgIpc) is 2.81. The number of hydrogen-bond acceptors (Lipinski definition) is 5. The normalized spacial score (nSPS) is 20.6. The minimum atomic E-state index is -0.405. The van der Waals surface area contributed by atoms with Crippen molar-refractivity contribution in [1.82, 2.24) is 5.32 Å². The number of halogens is 1. The molecular formula is C32H36ClNO4. The Morgan fingerprint density at radius 2 is 1.39 bits per heavy atom. The van der Waals surface area contributed by atoms with E-state index in [1.54, 1.807) is 0 Å². The molecule has 3 aliphatic rings. The smallest absolute Gasteiger partial charge is 0.162 e. The van der Waals surface area contributed by atoms with Crippen LogP contribution in [0.5, 0.6) is 11.5 Å². The van der Waals surface area contributed by atoms with Gasteiger partial charge in [0.1, 0.15) is 6.61 Å². The van der Waals surface area contributed by atoms with Crippen molar-refractivity contribution < 1.29 is 19.1 Å². The van der Waals surface area contributed by atoms with Crippen LogP contribution < -0.4 is 14.8 Å². The minimum Gasteiger partial charge on any atom is -0.490 e. The van der Waals surface area contributed by atoms with Crippen molar-refractivity contribution in [3.05, 3.63) is 81.2 Å². The van der Waals surface area contributed by atoms with Crippen molar-refractivity contribution in [2.75, 3.05) is 6.61 Å². The zero-order chi connectivity index (χ0) is 27.2. The highest BCUT2D eigenvalue weighted by molar-refractivity contribution is 6.30. The lowest BCUT2D eigenvalue weighted by Crippen LogP contribution is -2.42. The predicted molar refractivity (Wildman–Crippen MR) is 149 cm³/mol. The molecule has 200 valence electrons. The number of benzene rings is 2. The number of dihydropyridines is 1. The molecular weight excluding hydrogens is 498 g/mol. The fraction of sp³-hybridized carbons (Fsp3) is 0.438. The Bertz CT molecular complexity index is 1300. The number of carbonyl (C=O) groups is 2. The van der Waals surface area contributed by atoms with Crippen molar-refractivity contribution in [2.24, 2.45) is 10.8 Å². The highest BCUT2D eigenvalue weighted by Crippen LogP contribution is 2.51. The van der Waals surface area contributed by atoms with E-state index < -0.39 is 5.92 Å². The number of rotatable bonds is 6. The quantitative estimate of drug-likeness (QED) is 0.422. The van der Waals surface area contributed by atoms with E-state index in [1.165, 1.54) is 0 Å². The van der Waals surface area contributed by atoms with E-state index in [1.807, 2.05) is 49.4 Å². The summed E-state index contributed by atoms with van der Waals surface area (Å²) in [6.07, 6.45) is 2.48. The van der Waals surface area contributed by atoms with Gasteiger partial charge in [0.2, 0.25) is 0 Å². The molecule has 38 heavy (non-hydrogen) atoms. The molecule has 0 spiro atoms. The third kappa shape index (κ3) is 5.26. The van der Waals surface area contributed by atoms with Crippen LogP contribution >= 0.6 is 11.6 Å². The predicted octanol–water partition coefficient (Wildman–Crippen LogP) is 7.29. The van der Waals surface area contributed by atoms with E-state index >= 15 is 0 Å². The highest BCUT2D eigenvalue weighted by atomic mass is 35.5. The standard InChI is InChI=1S/C32H36ClNO4/c1-6-37-27-13-20(9-12-26(27)38-18-19-7-10-21(33)11-8-19)28-29-22(14-31(2,3)16-24(29)35)34-23-15-32(4,5)17-25(36)30(23)28/h7-13,28,34H,6,14-18H2,1-5H3. The van der Waals surface area contributed by atoms with Gasteiger partial charge in [-0.15, -0.1) is 0 Å². The van der Waals surface area contributed by atoms with Gasteiger partial charge in [-0.25, -0.2) is 0 Å². The Morgan fingerprint density at radius 1 is 0.816 bits per heavy atom. The Labute approximate surface area is 230 Å². The van der Waals surface area contributed by atoms with Crippen LogP contribution in [0.4, 0.5) is 0 Å². The Hall–Kier alpha value is -3.05. The summed E-state index contributed by atoms with van der Waals surface area (Å²) in [4.78, 5) is 27.2. The second-order valence-electron chi connectivity index (χ2n) is 12.3. The van der Waals surface area contributed by atoms with Crippen molar-refractivity contribution in [1.29, 1.82) is 0 Å². The van der Waals surface area contributed by atoms with Crippen LogP contribution in [0.1, 0.15) is 77.3 Å². The summed E-state index contributed by atoms with van der Waals surface area (Å²) in [6, 6.07) is 13.4. The summed E-state index contributed by atoms with van der Waals surface area (Å²) in [6.45, 7) is 11.3. The van der Waals surface area contributed by atoms with Gasteiger partial charge in [0.05, 0.1) is 6.61 Å². The van der Waals surface area contributed by atoms with Crippen LogP contribution in [0.2, 0.25) is 5.02 Å². The van der Waals surface area contributed by atoms with Crippen molar-refractivity contribution in [2.45, 2.75) is 72.8 Å². The molecule has 2 aromatic rings. The largest absolute Gasteiger partial charge is 0.490 e. The van der Waals surface area contributed by atoms with Gasteiger partial charge in [0.25, 0.3) is 0 Å². The molecule has 0 unspecified atom stereocenters. The summed E-state index contributed by atoms with van der Waals surface area (Å²) in [5.41, 5.74) is 5.00. The lowest BCUT2D eigenvalue weighted by Gasteiger charge is -2.44. The van der Waals surface area contributed by atoms with Crippen molar-refractivity contribution >= 4 is 23.2 Å². The molecule has 0 fully saturated rings. The number of Topliss-reactive ketones (excluding diaryl/α,β-unsaturated/α-hetero) is 2. The molecule has 0 saturated carbocycles. The fourth-order valence-electron chi connectivity index (χ4n) is 6.06. The first-order valence-corrected chi connectivity index (χ1v) is 13.8. The van der Waals surface area contributed by atoms with E-state index in [2.05, 4.69) is 33.0 Å². The number of ketones is 2. The number of ether oxygens (including phenoxy) is 2. The van der Waals surface area contributed by atoms with E-state index in [-0.39, 0.29) is 22.4 Å². The molecule has 2 aliphatic carbocycles. The molecule has 5 nitrogen and oxygen atoms in total. The van der Waals surface area contributed by atoms with Crippen molar-refractivity contribution in [3.63, 3.8) is 0 Å². The summed E-state index contributed by atoms with van der Waals surface area (Å²) in [5.74, 6) is 1.04. The third-order valence-corrected chi connectivity index (χ3v) is 7.88. The topological polar surface area (TPSA) is 64.6 Å². The first-order chi connectivity index (χ1) is 18.0. The van der Waals surface area contributed by atoms with Crippen molar-refractivity contribution in [3.8, 4) is 11.5 Å². The van der Waals surface area contributed by atoms with Crippen LogP contribution in [0, 0.1) is 10.8 Å². The Balaban J connectivity index is 1.56. The molecule has 0 bridgehead atoms. The lowest BCUT2D eigenvalue weighted by molar-refractivity contribution is -0.119. The Kier molecular flexibility index (Phi) is 6.93. The zero-order valence-electron chi connectivity index (χ0n) is 22.9.